The Morgan fingerprint density at radius 1 is 1.47 bits per heavy atom. The quantitative estimate of drug-likeness (QED) is 0.600. The van der Waals surface area contributed by atoms with E-state index in [0.29, 0.717) is 6.42 Å². The van der Waals surface area contributed by atoms with Gasteiger partial charge in [-0.25, -0.2) is 0 Å². The molecule has 1 fully saturated rings. The molecule has 0 aromatic carbocycles. The van der Waals surface area contributed by atoms with E-state index in [4.69, 9.17) is 5.73 Å². The minimum atomic E-state index is -0.385. The van der Waals surface area contributed by atoms with Crippen LogP contribution in [0.2, 0.25) is 0 Å². The third-order valence-electron chi connectivity index (χ3n) is 2.83. The molecule has 1 aliphatic rings. The first-order valence-electron chi connectivity index (χ1n) is 5.82. The van der Waals surface area contributed by atoms with E-state index in [9.17, 15) is 9.90 Å². The van der Waals surface area contributed by atoms with Gasteiger partial charge in [-0.1, -0.05) is 19.3 Å². The largest absolute Gasteiger partial charge is 0.391 e. The second kappa shape index (κ2) is 6.08. The zero-order valence-electron chi connectivity index (χ0n) is 9.41. The van der Waals surface area contributed by atoms with E-state index in [-0.39, 0.29) is 24.1 Å². The van der Waals surface area contributed by atoms with Crippen LogP contribution in [0.5, 0.6) is 0 Å². The second-order valence-corrected chi connectivity index (χ2v) is 4.56. The van der Waals surface area contributed by atoms with E-state index >= 15 is 0 Å². The Bertz CT molecular complexity index is 207. The maximum atomic E-state index is 11.5. The summed E-state index contributed by atoms with van der Waals surface area (Å²) < 4.78 is 0. The van der Waals surface area contributed by atoms with Crippen molar-refractivity contribution in [3.8, 4) is 0 Å². The summed E-state index contributed by atoms with van der Waals surface area (Å²) >= 11 is 0. The molecule has 0 bridgehead atoms. The van der Waals surface area contributed by atoms with Gasteiger partial charge in [-0.3, -0.25) is 4.79 Å². The number of aliphatic hydroxyl groups excluding tert-OH is 1. The number of nitrogens with two attached hydrogens (primary N) is 1. The normalized spacial score (nSPS) is 29.3. The summed E-state index contributed by atoms with van der Waals surface area (Å²) in [6, 6.07) is -0.188. The summed E-state index contributed by atoms with van der Waals surface area (Å²) in [5, 5.41) is 12.7. The van der Waals surface area contributed by atoms with Crippen LogP contribution < -0.4 is 11.1 Å². The highest BCUT2D eigenvalue weighted by atomic mass is 16.3. The van der Waals surface area contributed by atoms with Gasteiger partial charge in [0.05, 0.1) is 12.1 Å². The molecule has 1 aliphatic carbocycles. The number of amides is 1. The number of rotatable bonds is 3. The minimum absolute atomic E-state index is 0.0454. The van der Waals surface area contributed by atoms with Crippen LogP contribution in [0, 0.1) is 0 Å². The molecule has 1 amide bonds. The Labute approximate surface area is 91.2 Å². The van der Waals surface area contributed by atoms with Gasteiger partial charge < -0.3 is 16.2 Å². The lowest BCUT2D eigenvalue weighted by atomic mass is 10.1. The monoisotopic (exact) mass is 214 g/mol. The van der Waals surface area contributed by atoms with Gasteiger partial charge in [-0.05, 0) is 19.8 Å². The molecule has 0 aromatic rings. The van der Waals surface area contributed by atoms with Gasteiger partial charge in [-0.15, -0.1) is 0 Å². The van der Waals surface area contributed by atoms with Crippen molar-refractivity contribution in [2.75, 3.05) is 0 Å². The van der Waals surface area contributed by atoms with Crippen molar-refractivity contribution in [2.45, 2.75) is 63.6 Å². The van der Waals surface area contributed by atoms with Gasteiger partial charge >= 0.3 is 0 Å². The molecule has 88 valence electrons. The number of carbonyl (C=O) groups excluding carboxylic acids is 1. The maximum Gasteiger partial charge on any atom is 0.221 e. The van der Waals surface area contributed by atoms with Crippen molar-refractivity contribution in [2.24, 2.45) is 5.73 Å². The first kappa shape index (κ1) is 12.5. The summed E-state index contributed by atoms with van der Waals surface area (Å²) in [5.41, 5.74) is 5.54. The van der Waals surface area contributed by atoms with Gasteiger partial charge in [0.15, 0.2) is 0 Å². The Morgan fingerprint density at radius 3 is 2.80 bits per heavy atom. The van der Waals surface area contributed by atoms with Crippen LogP contribution in [0.1, 0.15) is 45.4 Å². The van der Waals surface area contributed by atoms with Crippen LogP contribution in [-0.4, -0.2) is 29.2 Å². The second-order valence-electron chi connectivity index (χ2n) is 4.56. The van der Waals surface area contributed by atoms with Crippen molar-refractivity contribution in [1.82, 2.24) is 5.32 Å². The molecule has 0 aliphatic heterocycles. The van der Waals surface area contributed by atoms with E-state index in [1.165, 1.54) is 0 Å². The van der Waals surface area contributed by atoms with Crippen LogP contribution in [0.3, 0.4) is 0 Å². The zero-order chi connectivity index (χ0) is 11.3. The summed E-state index contributed by atoms with van der Waals surface area (Å²) in [5.74, 6) is -0.0454. The van der Waals surface area contributed by atoms with Crippen molar-refractivity contribution < 1.29 is 9.90 Å². The molecule has 4 N–H and O–H groups in total. The van der Waals surface area contributed by atoms with Gasteiger partial charge in [0.2, 0.25) is 5.91 Å². The van der Waals surface area contributed by atoms with Gasteiger partial charge in [-0.2, -0.15) is 0 Å². The topological polar surface area (TPSA) is 75.4 Å². The molecule has 0 radical (unpaired) electrons. The molecule has 3 atom stereocenters. The van der Waals surface area contributed by atoms with Crippen LogP contribution in [0.25, 0.3) is 0 Å². The Kier molecular flexibility index (Phi) is 5.05. The predicted octanol–water partition coefficient (Wildman–Crippen LogP) is 0.533. The molecule has 4 heteroatoms. The Hall–Kier alpha value is -0.610. The highest BCUT2D eigenvalue weighted by Gasteiger charge is 2.23. The van der Waals surface area contributed by atoms with E-state index in [1.807, 2.05) is 6.92 Å². The number of nitrogens with one attached hydrogen (secondary N) is 1. The van der Waals surface area contributed by atoms with Gasteiger partial charge in [0.1, 0.15) is 0 Å². The fourth-order valence-electron chi connectivity index (χ4n) is 2.01. The van der Waals surface area contributed by atoms with Crippen LogP contribution in [0.15, 0.2) is 0 Å². The average molecular weight is 214 g/mol. The third kappa shape index (κ3) is 4.62. The molecule has 0 spiro atoms. The van der Waals surface area contributed by atoms with E-state index < -0.39 is 0 Å². The first-order valence-corrected chi connectivity index (χ1v) is 5.82. The standard InChI is InChI=1S/C11H22N2O2/c1-8(12)7-11(15)13-9-5-3-2-4-6-10(9)14/h8-10,14H,2-7,12H2,1H3,(H,13,15). The third-order valence-corrected chi connectivity index (χ3v) is 2.83. The maximum absolute atomic E-state index is 11.5. The fraction of sp³-hybridized carbons (Fsp3) is 0.909. The molecular formula is C11H22N2O2. The lowest BCUT2D eigenvalue weighted by Gasteiger charge is -2.22. The highest BCUT2D eigenvalue weighted by molar-refractivity contribution is 5.76. The first-order chi connectivity index (χ1) is 7.09. The molecule has 15 heavy (non-hydrogen) atoms. The van der Waals surface area contributed by atoms with E-state index in [1.54, 1.807) is 0 Å². The van der Waals surface area contributed by atoms with Crippen molar-refractivity contribution in [3.05, 3.63) is 0 Å². The zero-order valence-corrected chi connectivity index (χ0v) is 9.41. The molecule has 0 saturated heterocycles. The SMILES string of the molecule is CC(N)CC(=O)NC1CCCCCC1O. The number of hydrogen-bond acceptors (Lipinski definition) is 3. The highest BCUT2D eigenvalue weighted by Crippen LogP contribution is 2.18. The molecule has 1 saturated carbocycles. The van der Waals surface area contributed by atoms with Crippen molar-refractivity contribution in [3.63, 3.8) is 0 Å². The number of aliphatic hydroxyl groups is 1. The fourth-order valence-corrected chi connectivity index (χ4v) is 2.01. The van der Waals surface area contributed by atoms with Crippen molar-refractivity contribution >= 4 is 5.91 Å². The van der Waals surface area contributed by atoms with Crippen LogP contribution >= 0.6 is 0 Å². The number of hydrogen-bond donors (Lipinski definition) is 3. The summed E-state index contributed by atoms with van der Waals surface area (Å²) in [4.78, 5) is 11.5. The molecule has 4 nitrogen and oxygen atoms in total. The van der Waals surface area contributed by atoms with Crippen LogP contribution in [-0.2, 0) is 4.79 Å². The van der Waals surface area contributed by atoms with Gasteiger partial charge in [0, 0.05) is 12.5 Å². The average Bonchev–Trinajstić information content (AvgIpc) is 2.30. The Morgan fingerprint density at radius 2 is 2.13 bits per heavy atom. The minimum Gasteiger partial charge on any atom is -0.391 e. The number of carbonyl (C=O) groups is 1. The molecular weight excluding hydrogens is 192 g/mol. The van der Waals surface area contributed by atoms with Crippen LogP contribution in [0.4, 0.5) is 0 Å². The van der Waals surface area contributed by atoms with E-state index in [2.05, 4.69) is 5.32 Å². The molecule has 3 unspecified atom stereocenters. The Balaban J connectivity index is 2.37. The molecule has 1 rings (SSSR count). The smallest absolute Gasteiger partial charge is 0.221 e. The summed E-state index contributed by atoms with van der Waals surface area (Å²) in [6.45, 7) is 1.81. The summed E-state index contributed by atoms with van der Waals surface area (Å²) in [6.07, 6.45) is 4.92. The molecule has 0 aromatic heterocycles. The summed E-state index contributed by atoms with van der Waals surface area (Å²) in [7, 11) is 0. The van der Waals surface area contributed by atoms with Crippen molar-refractivity contribution in [1.29, 1.82) is 0 Å². The predicted molar refractivity (Wildman–Crippen MR) is 59.3 cm³/mol. The lowest BCUT2D eigenvalue weighted by Crippen LogP contribution is -2.44. The lowest BCUT2D eigenvalue weighted by molar-refractivity contribution is -0.123. The molecule has 0 heterocycles. The van der Waals surface area contributed by atoms with Gasteiger partial charge in [0.25, 0.3) is 0 Å². The van der Waals surface area contributed by atoms with E-state index in [0.717, 1.165) is 32.1 Å².